The maximum absolute atomic E-state index is 15.3. The fourth-order valence-electron chi connectivity index (χ4n) is 9.97. The van der Waals surface area contributed by atoms with Crippen LogP contribution >= 0.6 is 22.9 Å². The van der Waals surface area contributed by atoms with Gasteiger partial charge in [0.2, 0.25) is 23.6 Å². The van der Waals surface area contributed by atoms with Crippen molar-refractivity contribution in [3.05, 3.63) is 98.6 Å². The SMILES string of the molecule is COc1cc(O)cc(OC)c1C1C2=CCC3C(=O)N(c4cccc([N+](=O)[O-])c4)C(=O)C3C2CC2C(=O)N(c3cc(-c4sc5ccc(Cl)cc5c4C)nn3C)C(=O)C21C. The summed E-state index contributed by atoms with van der Waals surface area (Å²) in [6.07, 6.45) is 2.08. The third kappa shape index (κ3) is 5.18. The largest absolute Gasteiger partial charge is 0.508 e. The van der Waals surface area contributed by atoms with Gasteiger partial charge in [-0.3, -0.25) is 34.0 Å². The molecule has 2 aliphatic heterocycles. The molecule has 3 aromatic carbocycles. The Bertz CT molecular complexity index is 2680. The summed E-state index contributed by atoms with van der Waals surface area (Å²) in [6.45, 7) is 3.72. The van der Waals surface area contributed by atoms with E-state index in [1.54, 1.807) is 20.0 Å². The van der Waals surface area contributed by atoms with Crippen LogP contribution in [-0.2, 0) is 26.2 Å². The number of imide groups is 2. The Morgan fingerprint density at radius 2 is 1.69 bits per heavy atom. The molecule has 4 heterocycles. The Morgan fingerprint density at radius 1 is 0.966 bits per heavy atom. The number of nitro benzene ring substituents is 1. The minimum absolute atomic E-state index is 0.0620. The number of thiophene rings is 1. The molecule has 5 aromatic rings. The first-order valence-electron chi connectivity index (χ1n) is 18.6. The van der Waals surface area contributed by atoms with Gasteiger partial charge in [0.1, 0.15) is 28.8 Å². The molecular formula is C42H36ClN5O9S. The normalized spacial score (nSPS) is 25.2. The molecule has 296 valence electrons. The average molecular weight is 822 g/mol. The van der Waals surface area contributed by atoms with E-state index >= 15 is 9.59 Å². The van der Waals surface area contributed by atoms with Crippen LogP contribution in [0.3, 0.4) is 0 Å². The second kappa shape index (κ2) is 13.2. The summed E-state index contributed by atoms with van der Waals surface area (Å²) in [5, 5.41) is 28.7. The van der Waals surface area contributed by atoms with Crippen molar-refractivity contribution < 1.29 is 38.7 Å². The minimum atomic E-state index is -1.47. The molecule has 16 heteroatoms. The zero-order valence-electron chi connectivity index (χ0n) is 31.9. The van der Waals surface area contributed by atoms with E-state index in [1.807, 2.05) is 31.2 Å². The quantitative estimate of drug-likeness (QED) is 0.0758. The lowest BCUT2D eigenvalue weighted by molar-refractivity contribution is -0.384. The number of aryl methyl sites for hydroxylation is 2. The van der Waals surface area contributed by atoms with Crippen LogP contribution in [0.2, 0.25) is 5.02 Å². The number of hydrogen-bond acceptors (Lipinski definition) is 11. The molecule has 1 saturated carbocycles. The highest BCUT2D eigenvalue weighted by Crippen LogP contribution is 2.66. The molecule has 0 bridgehead atoms. The van der Waals surface area contributed by atoms with Crippen LogP contribution in [0.15, 0.2) is 72.3 Å². The summed E-state index contributed by atoms with van der Waals surface area (Å²) in [7, 11) is 4.52. The predicted molar refractivity (Wildman–Crippen MR) is 215 cm³/mol. The van der Waals surface area contributed by atoms with Gasteiger partial charge in [0.25, 0.3) is 5.69 Å². The van der Waals surface area contributed by atoms with Gasteiger partial charge in [-0.2, -0.15) is 5.10 Å². The number of rotatable bonds is 7. The van der Waals surface area contributed by atoms with Crippen molar-refractivity contribution >= 4 is 73.8 Å². The zero-order valence-corrected chi connectivity index (χ0v) is 33.5. The molecular weight excluding hydrogens is 786 g/mol. The number of amides is 4. The number of benzene rings is 3. The molecule has 1 N–H and O–H groups in total. The van der Waals surface area contributed by atoms with E-state index in [1.165, 1.54) is 71.5 Å². The number of nitrogens with zero attached hydrogens (tertiary/aromatic N) is 5. The molecule has 0 spiro atoms. The fourth-order valence-corrected chi connectivity index (χ4v) is 11.3. The Kier molecular flexibility index (Phi) is 8.57. The molecule has 2 aromatic heterocycles. The van der Waals surface area contributed by atoms with Crippen molar-refractivity contribution in [3.63, 3.8) is 0 Å². The Morgan fingerprint density at radius 3 is 2.38 bits per heavy atom. The van der Waals surface area contributed by atoms with Crippen molar-refractivity contribution in [1.82, 2.24) is 9.78 Å². The number of halogens is 1. The van der Waals surface area contributed by atoms with Gasteiger partial charge in [0.05, 0.1) is 52.9 Å². The molecule has 6 atom stereocenters. The number of fused-ring (bicyclic) bond motifs is 5. The monoisotopic (exact) mass is 821 g/mol. The number of aromatic hydroxyl groups is 1. The van der Waals surface area contributed by atoms with Crippen molar-refractivity contribution in [1.29, 1.82) is 0 Å². The van der Waals surface area contributed by atoms with Crippen molar-refractivity contribution in [3.8, 4) is 27.8 Å². The van der Waals surface area contributed by atoms with Crippen LogP contribution < -0.4 is 19.3 Å². The Hall–Kier alpha value is -6.06. The van der Waals surface area contributed by atoms with E-state index in [0.29, 0.717) is 21.9 Å². The van der Waals surface area contributed by atoms with E-state index in [2.05, 4.69) is 0 Å². The molecule has 4 amide bonds. The number of aromatic nitrogens is 2. The number of nitro groups is 1. The Labute approximate surface area is 340 Å². The summed E-state index contributed by atoms with van der Waals surface area (Å²) >= 11 is 7.85. The lowest BCUT2D eigenvalue weighted by Gasteiger charge is -2.49. The number of carbonyl (C=O) groups excluding carboxylic acids is 4. The molecule has 0 radical (unpaired) electrons. The van der Waals surface area contributed by atoms with Gasteiger partial charge in [-0.15, -0.1) is 11.3 Å². The number of carbonyl (C=O) groups is 4. The third-order valence-electron chi connectivity index (χ3n) is 12.6. The van der Waals surface area contributed by atoms with Gasteiger partial charge in [-0.05, 0) is 67.8 Å². The van der Waals surface area contributed by atoms with Crippen molar-refractivity contribution in [2.24, 2.45) is 36.1 Å². The van der Waals surface area contributed by atoms with E-state index in [0.717, 1.165) is 25.4 Å². The van der Waals surface area contributed by atoms with Gasteiger partial charge < -0.3 is 14.6 Å². The van der Waals surface area contributed by atoms with Crippen molar-refractivity contribution in [2.75, 3.05) is 24.0 Å². The third-order valence-corrected chi connectivity index (χ3v) is 14.1. The standard InChI is InChI=1S/C42H36ClN5O9S/c1-19-26-13-20(43)9-12-32(26)58-37(19)29-18-33(45(3)44-29)47-39(51)28-17-27-24(36(42(28,2)41(47)53)35-30(56-4)15-23(49)16-31(35)57-5)10-11-25-34(27)40(52)46(38(25)50)21-7-6-8-22(14-21)48(54)55/h6-10,12-16,18,25,27-28,34,36,49H,11,17H2,1-5H3. The highest BCUT2D eigenvalue weighted by Gasteiger charge is 2.68. The topological polar surface area (TPSA) is 174 Å². The molecule has 3 fully saturated rings. The van der Waals surface area contributed by atoms with Crippen molar-refractivity contribution in [2.45, 2.75) is 32.6 Å². The number of allylic oxidation sites excluding steroid dienone is 2. The lowest BCUT2D eigenvalue weighted by Crippen LogP contribution is -2.49. The highest BCUT2D eigenvalue weighted by atomic mass is 35.5. The van der Waals surface area contributed by atoms with E-state index in [4.69, 9.17) is 26.2 Å². The van der Waals surface area contributed by atoms with E-state index in [9.17, 15) is 24.8 Å². The molecule has 6 unspecified atom stereocenters. The smallest absolute Gasteiger partial charge is 0.271 e. The van der Waals surface area contributed by atoms with Gasteiger partial charge >= 0.3 is 0 Å². The fraction of sp³-hybridized carbons (Fsp3) is 0.310. The summed E-state index contributed by atoms with van der Waals surface area (Å²) in [5.74, 6) is -5.83. The molecule has 4 aliphatic rings. The molecule has 2 saturated heterocycles. The van der Waals surface area contributed by atoms with Crippen LogP contribution in [-0.4, -0.2) is 57.7 Å². The minimum Gasteiger partial charge on any atom is -0.508 e. The summed E-state index contributed by atoms with van der Waals surface area (Å²) < 4.78 is 14.2. The first-order chi connectivity index (χ1) is 27.7. The number of hydrogen-bond donors (Lipinski definition) is 1. The van der Waals surface area contributed by atoms with Gasteiger partial charge in [0.15, 0.2) is 0 Å². The lowest BCUT2D eigenvalue weighted by atomic mass is 9.51. The second-order valence-electron chi connectivity index (χ2n) is 15.4. The van der Waals surface area contributed by atoms with Gasteiger partial charge in [-0.25, -0.2) is 9.80 Å². The molecule has 2 aliphatic carbocycles. The number of non-ortho nitro benzene ring substituents is 1. The van der Waals surface area contributed by atoms with Crippen LogP contribution in [0, 0.1) is 46.1 Å². The summed E-state index contributed by atoms with van der Waals surface area (Å²) in [4.78, 5) is 73.1. The first-order valence-corrected chi connectivity index (χ1v) is 19.8. The second-order valence-corrected chi connectivity index (χ2v) is 16.9. The van der Waals surface area contributed by atoms with Crippen LogP contribution in [0.4, 0.5) is 17.2 Å². The van der Waals surface area contributed by atoms with Gasteiger partial charge in [-0.1, -0.05) is 29.3 Å². The van der Waals surface area contributed by atoms with Gasteiger partial charge in [0, 0.05) is 58.6 Å². The van der Waals surface area contributed by atoms with Crippen LogP contribution in [0.25, 0.3) is 20.7 Å². The molecule has 58 heavy (non-hydrogen) atoms. The summed E-state index contributed by atoms with van der Waals surface area (Å²) in [6, 6.07) is 15.6. The van der Waals surface area contributed by atoms with E-state index in [-0.39, 0.29) is 47.3 Å². The predicted octanol–water partition coefficient (Wildman–Crippen LogP) is 7.33. The number of phenolic OH excluding ortho intramolecular Hbond substituents is 1. The maximum Gasteiger partial charge on any atom is 0.271 e. The number of methoxy groups -OCH3 is 2. The Balaban J connectivity index is 1.19. The number of ether oxygens (including phenoxy) is 2. The first kappa shape index (κ1) is 37.5. The maximum atomic E-state index is 15.3. The average Bonchev–Trinajstić information content (AvgIpc) is 3.87. The summed E-state index contributed by atoms with van der Waals surface area (Å²) in [5.41, 5.74) is 0.946. The van der Waals surface area contributed by atoms with Crippen LogP contribution in [0.1, 0.15) is 36.8 Å². The van der Waals surface area contributed by atoms with Crippen LogP contribution in [0.5, 0.6) is 17.2 Å². The zero-order chi connectivity index (χ0) is 41.1. The highest BCUT2D eigenvalue weighted by molar-refractivity contribution is 7.22. The van der Waals surface area contributed by atoms with E-state index < -0.39 is 63.6 Å². The molecule has 9 rings (SSSR count). The molecule has 14 nitrogen and oxygen atoms in total. The number of phenols is 1. The number of anilines is 2.